The Kier molecular flexibility index (Phi) is 7.97. The number of carbonyl (C=O) groups excluding carboxylic acids is 2. The summed E-state index contributed by atoms with van der Waals surface area (Å²) in [5.74, 6) is -0.00579. The molecule has 28 heavy (non-hydrogen) atoms. The zero-order valence-electron chi connectivity index (χ0n) is 16.8. The number of hydrogen-bond acceptors (Lipinski definition) is 5. The molecular formula is C19H30N4O4S. The zero-order chi connectivity index (χ0) is 20.7. The van der Waals surface area contributed by atoms with E-state index in [9.17, 15) is 18.0 Å². The second-order valence-corrected chi connectivity index (χ2v) is 8.90. The molecule has 1 aromatic rings. The highest BCUT2D eigenvalue weighted by Crippen LogP contribution is 2.23. The number of nitrogens with one attached hydrogen (secondary N) is 2. The molecule has 1 aliphatic rings. The SMILES string of the molecule is CCNC(=O)NC(=O)CN1CCN(S(=O)(=O)c2ccc(C(C)CC)cc2)CC1. The number of urea groups is 1. The Labute approximate surface area is 167 Å². The molecule has 1 unspecified atom stereocenters. The lowest BCUT2D eigenvalue weighted by Crippen LogP contribution is -2.52. The summed E-state index contributed by atoms with van der Waals surface area (Å²) >= 11 is 0. The number of sulfonamides is 1. The van der Waals surface area contributed by atoms with Gasteiger partial charge in [-0.1, -0.05) is 26.0 Å². The molecule has 0 saturated carbocycles. The predicted molar refractivity (Wildman–Crippen MR) is 108 cm³/mol. The van der Waals surface area contributed by atoms with Gasteiger partial charge in [0.15, 0.2) is 0 Å². The number of hydrogen-bond donors (Lipinski definition) is 2. The number of amides is 3. The lowest BCUT2D eigenvalue weighted by Gasteiger charge is -2.33. The van der Waals surface area contributed by atoms with Crippen LogP contribution in [0.15, 0.2) is 29.2 Å². The molecule has 1 saturated heterocycles. The highest BCUT2D eigenvalue weighted by molar-refractivity contribution is 7.89. The van der Waals surface area contributed by atoms with Gasteiger partial charge in [0, 0.05) is 32.7 Å². The minimum absolute atomic E-state index is 0.0641. The first kappa shape index (κ1) is 22.3. The van der Waals surface area contributed by atoms with Crippen LogP contribution in [0.5, 0.6) is 0 Å². The zero-order valence-corrected chi connectivity index (χ0v) is 17.6. The van der Waals surface area contributed by atoms with Gasteiger partial charge >= 0.3 is 6.03 Å². The van der Waals surface area contributed by atoms with Crippen LogP contribution in [-0.2, 0) is 14.8 Å². The molecule has 0 spiro atoms. The molecule has 2 rings (SSSR count). The molecular weight excluding hydrogens is 380 g/mol. The van der Waals surface area contributed by atoms with E-state index in [1.807, 2.05) is 17.0 Å². The fourth-order valence-electron chi connectivity index (χ4n) is 3.06. The fraction of sp³-hybridized carbons (Fsp3) is 0.579. The van der Waals surface area contributed by atoms with E-state index in [0.717, 1.165) is 12.0 Å². The van der Waals surface area contributed by atoms with Gasteiger partial charge in [0.05, 0.1) is 11.4 Å². The van der Waals surface area contributed by atoms with Gasteiger partial charge in [-0.15, -0.1) is 0 Å². The lowest BCUT2D eigenvalue weighted by molar-refractivity contribution is -0.121. The van der Waals surface area contributed by atoms with Crippen molar-refractivity contribution in [3.05, 3.63) is 29.8 Å². The van der Waals surface area contributed by atoms with E-state index in [0.29, 0.717) is 43.5 Å². The molecule has 1 aliphatic heterocycles. The quantitative estimate of drug-likeness (QED) is 0.707. The molecule has 0 radical (unpaired) electrons. The number of nitrogens with zero attached hydrogens (tertiary/aromatic N) is 2. The standard InChI is InChI=1S/C19H30N4O4S/c1-4-15(3)16-6-8-17(9-7-16)28(26,27)23-12-10-22(11-13-23)14-18(24)21-19(25)20-5-2/h6-9,15H,4-5,10-14H2,1-3H3,(H2,20,21,24,25). The first-order chi connectivity index (χ1) is 13.3. The molecule has 0 aliphatic carbocycles. The van der Waals surface area contributed by atoms with Crippen LogP contribution in [0.4, 0.5) is 4.79 Å². The van der Waals surface area contributed by atoms with Gasteiger partial charge in [0.25, 0.3) is 0 Å². The number of imide groups is 1. The predicted octanol–water partition coefficient (Wildman–Crippen LogP) is 1.35. The van der Waals surface area contributed by atoms with Crippen LogP contribution in [0.1, 0.15) is 38.7 Å². The summed E-state index contributed by atoms with van der Waals surface area (Å²) in [5.41, 5.74) is 1.13. The van der Waals surface area contributed by atoms with E-state index in [2.05, 4.69) is 24.5 Å². The maximum atomic E-state index is 12.9. The molecule has 8 nitrogen and oxygen atoms in total. The average molecular weight is 411 g/mol. The van der Waals surface area contributed by atoms with Crippen molar-refractivity contribution in [1.29, 1.82) is 0 Å². The Morgan fingerprint density at radius 1 is 1.07 bits per heavy atom. The van der Waals surface area contributed by atoms with E-state index in [4.69, 9.17) is 0 Å². The van der Waals surface area contributed by atoms with Crippen molar-refractivity contribution in [3.8, 4) is 0 Å². The lowest BCUT2D eigenvalue weighted by atomic mass is 9.99. The molecule has 156 valence electrons. The summed E-state index contributed by atoms with van der Waals surface area (Å²) in [5, 5.41) is 4.75. The average Bonchev–Trinajstić information content (AvgIpc) is 2.68. The van der Waals surface area contributed by atoms with Crippen LogP contribution in [-0.4, -0.2) is 68.8 Å². The Bertz CT molecular complexity index is 772. The maximum absolute atomic E-state index is 12.9. The van der Waals surface area contributed by atoms with Gasteiger partial charge in [-0.3, -0.25) is 15.0 Å². The molecule has 2 N–H and O–H groups in total. The van der Waals surface area contributed by atoms with Gasteiger partial charge in [-0.25, -0.2) is 13.2 Å². The van der Waals surface area contributed by atoms with Crippen LogP contribution in [0, 0.1) is 0 Å². The van der Waals surface area contributed by atoms with Crippen molar-refractivity contribution in [2.45, 2.75) is 38.0 Å². The first-order valence-corrected chi connectivity index (χ1v) is 11.1. The van der Waals surface area contributed by atoms with Crippen molar-refractivity contribution in [2.75, 3.05) is 39.3 Å². The summed E-state index contributed by atoms with van der Waals surface area (Å²) < 4.78 is 27.2. The minimum atomic E-state index is -3.55. The highest BCUT2D eigenvalue weighted by atomic mass is 32.2. The third-order valence-corrected chi connectivity index (χ3v) is 6.90. The second-order valence-electron chi connectivity index (χ2n) is 6.97. The summed E-state index contributed by atoms with van der Waals surface area (Å²) in [7, 11) is -3.55. The summed E-state index contributed by atoms with van der Waals surface area (Å²) in [6, 6.07) is 6.58. The minimum Gasteiger partial charge on any atom is -0.338 e. The van der Waals surface area contributed by atoms with Crippen LogP contribution in [0.25, 0.3) is 0 Å². The van der Waals surface area contributed by atoms with E-state index < -0.39 is 22.0 Å². The first-order valence-electron chi connectivity index (χ1n) is 9.68. The summed E-state index contributed by atoms with van der Waals surface area (Å²) in [6.45, 7) is 7.98. The molecule has 9 heteroatoms. The monoisotopic (exact) mass is 410 g/mol. The van der Waals surface area contributed by atoms with Gasteiger partial charge in [0.1, 0.15) is 0 Å². The van der Waals surface area contributed by atoms with Gasteiger partial charge in [0.2, 0.25) is 15.9 Å². The molecule has 1 fully saturated rings. The van der Waals surface area contributed by atoms with Crippen molar-refractivity contribution in [1.82, 2.24) is 19.8 Å². The normalized spacial score (nSPS) is 17.1. The molecule has 0 aromatic heterocycles. The topological polar surface area (TPSA) is 98.8 Å². The van der Waals surface area contributed by atoms with Crippen LogP contribution in [0.2, 0.25) is 0 Å². The van der Waals surface area contributed by atoms with Crippen molar-refractivity contribution >= 4 is 22.0 Å². The number of carbonyl (C=O) groups is 2. The van der Waals surface area contributed by atoms with E-state index in [1.54, 1.807) is 19.1 Å². The Balaban J connectivity index is 1.91. The molecule has 1 atom stereocenters. The molecule has 1 aromatic carbocycles. The number of benzene rings is 1. The van der Waals surface area contributed by atoms with E-state index in [1.165, 1.54) is 4.31 Å². The maximum Gasteiger partial charge on any atom is 0.321 e. The van der Waals surface area contributed by atoms with Crippen LogP contribution >= 0.6 is 0 Å². The number of piperazine rings is 1. The van der Waals surface area contributed by atoms with E-state index >= 15 is 0 Å². The van der Waals surface area contributed by atoms with Gasteiger partial charge < -0.3 is 5.32 Å². The fourth-order valence-corrected chi connectivity index (χ4v) is 4.48. The molecule has 1 heterocycles. The Morgan fingerprint density at radius 2 is 1.68 bits per heavy atom. The highest BCUT2D eigenvalue weighted by Gasteiger charge is 2.29. The van der Waals surface area contributed by atoms with E-state index in [-0.39, 0.29) is 6.54 Å². The van der Waals surface area contributed by atoms with Gasteiger partial charge in [-0.2, -0.15) is 4.31 Å². The summed E-state index contributed by atoms with van der Waals surface area (Å²) in [6.07, 6.45) is 1.00. The second kappa shape index (κ2) is 9.99. The number of rotatable bonds is 7. The summed E-state index contributed by atoms with van der Waals surface area (Å²) in [4.78, 5) is 25.4. The van der Waals surface area contributed by atoms with Crippen molar-refractivity contribution < 1.29 is 18.0 Å². The third kappa shape index (κ3) is 5.76. The van der Waals surface area contributed by atoms with Crippen LogP contribution < -0.4 is 10.6 Å². The third-order valence-electron chi connectivity index (χ3n) is 4.99. The Hall–Kier alpha value is -1.97. The van der Waals surface area contributed by atoms with Crippen molar-refractivity contribution in [3.63, 3.8) is 0 Å². The molecule has 3 amide bonds. The largest absolute Gasteiger partial charge is 0.338 e. The van der Waals surface area contributed by atoms with Crippen LogP contribution in [0.3, 0.4) is 0 Å². The van der Waals surface area contributed by atoms with Gasteiger partial charge in [-0.05, 0) is 37.0 Å². The Morgan fingerprint density at radius 3 is 2.21 bits per heavy atom. The smallest absolute Gasteiger partial charge is 0.321 e. The van der Waals surface area contributed by atoms with Crippen molar-refractivity contribution in [2.24, 2.45) is 0 Å². The molecule has 0 bridgehead atoms.